The summed E-state index contributed by atoms with van der Waals surface area (Å²) in [5, 5.41) is 9.20. The van der Waals surface area contributed by atoms with E-state index in [4.69, 9.17) is 4.74 Å². The third kappa shape index (κ3) is 2.53. The number of fused-ring (bicyclic) bond motifs is 2. The molecule has 22 heavy (non-hydrogen) atoms. The molecule has 1 atom stereocenters. The number of nitrogens with zero attached hydrogens (tertiary/aromatic N) is 2. The first-order valence-electron chi connectivity index (χ1n) is 6.81. The molecule has 0 saturated carbocycles. The normalized spacial score (nSPS) is 13.6. The fourth-order valence-corrected chi connectivity index (χ4v) is 3.65. The summed E-state index contributed by atoms with van der Waals surface area (Å²) in [6.07, 6.45) is -0.870. The molecule has 1 aliphatic heterocycles. The van der Waals surface area contributed by atoms with Gasteiger partial charge in [-0.15, -0.1) is 0 Å². The van der Waals surface area contributed by atoms with Crippen molar-refractivity contribution in [1.29, 1.82) is 5.26 Å². The van der Waals surface area contributed by atoms with Gasteiger partial charge in [-0.25, -0.2) is 0 Å². The molecule has 2 aromatic rings. The lowest BCUT2D eigenvalue weighted by atomic mass is 10.1. The van der Waals surface area contributed by atoms with Crippen molar-refractivity contribution in [3.63, 3.8) is 0 Å². The summed E-state index contributed by atoms with van der Waals surface area (Å²) >= 11 is 1.66. The minimum atomic E-state index is -0.870. The number of nitriles is 1. The van der Waals surface area contributed by atoms with Crippen LogP contribution in [0.1, 0.15) is 18.6 Å². The van der Waals surface area contributed by atoms with Crippen LogP contribution in [-0.4, -0.2) is 13.0 Å². The molecule has 0 amide bonds. The second-order valence-corrected chi connectivity index (χ2v) is 6.06. The summed E-state index contributed by atoms with van der Waals surface area (Å²) in [5.41, 5.74) is 2.92. The minimum absolute atomic E-state index is 0.459. The average Bonchev–Trinajstić information content (AvgIpc) is 2.52. The highest BCUT2D eigenvalue weighted by Gasteiger charge is 2.22. The van der Waals surface area contributed by atoms with Gasteiger partial charge in [0.1, 0.15) is 6.07 Å². The second-order valence-electron chi connectivity index (χ2n) is 4.97. The molecule has 0 aromatic heterocycles. The molecule has 0 radical (unpaired) electrons. The highest BCUT2D eigenvalue weighted by Crippen LogP contribution is 2.47. The van der Waals surface area contributed by atoms with Crippen LogP contribution in [0.5, 0.6) is 0 Å². The topological polar surface area (TPSA) is 53.3 Å². The Morgan fingerprint density at radius 1 is 1.23 bits per heavy atom. The quantitative estimate of drug-likeness (QED) is 0.783. The maximum Gasteiger partial charge on any atom is 0.304 e. The first-order chi connectivity index (χ1) is 10.6. The Labute approximate surface area is 133 Å². The molecule has 1 aliphatic rings. The number of ether oxygens (including phenoxy) is 1. The van der Waals surface area contributed by atoms with E-state index in [2.05, 4.69) is 17.0 Å². The third-order valence-corrected chi connectivity index (χ3v) is 4.61. The maximum absolute atomic E-state index is 11.1. The van der Waals surface area contributed by atoms with E-state index in [1.807, 2.05) is 43.4 Å². The lowest BCUT2D eigenvalue weighted by Crippen LogP contribution is -2.15. The summed E-state index contributed by atoms with van der Waals surface area (Å²) in [6.45, 7) is 1.31. The fraction of sp³-hybridized carbons (Fsp3) is 0.176. The van der Waals surface area contributed by atoms with Gasteiger partial charge in [-0.1, -0.05) is 30.0 Å². The lowest BCUT2D eigenvalue weighted by Gasteiger charge is -2.29. The molecular formula is C17H14N2O2S. The number of hydrogen-bond acceptors (Lipinski definition) is 5. The molecule has 1 heterocycles. The smallest absolute Gasteiger partial charge is 0.304 e. The largest absolute Gasteiger partial charge is 0.442 e. The Hall–Kier alpha value is -2.45. The Bertz CT molecular complexity index is 782. The van der Waals surface area contributed by atoms with Gasteiger partial charge < -0.3 is 9.64 Å². The molecule has 0 spiro atoms. The van der Waals surface area contributed by atoms with Gasteiger partial charge in [0.15, 0.2) is 0 Å². The monoisotopic (exact) mass is 310 g/mol. The van der Waals surface area contributed by atoms with Crippen molar-refractivity contribution in [2.75, 3.05) is 11.9 Å². The van der Waals surface area contributed by atoms with Crippen LogP contribution in [0.4, 0.5) is 11.4 Å². The van der Waals surface area contributed by atoms with Crippen LogP contribution in [-0.2, 0) is 9.53 Å². The van der Waals surface area contributed by atoms with Gasteiger partial charge >= 0.3 is 5.97 Å². The Morgan fingerprint density at radius 2 is 1.95 bits per heavy atom. The van der Waals surface area contributed by atoms with E-state index in [1.165, 1.54) is 6.92 Å². The molecule has 3 rings (SSSR count). The number of esters is 1. The van der Waals surface area contributed by atoms with E-state index in [9.17, 15) is 10.1 Å². The van der Waals surface area contributed by atoms with Crippen LogP contribution in [0.2, 0.25) is 0 Å². The van der Waals surface area contributed by atoms with E-state index < -0.39 is 12.1 Å². The SMILES string of the molecule is CC(=O)O[C@H](C#N)c1ccc2c(c1)Sc1ccccc1N2C. The van der Waals surface area contributed by atoms with Crippen molar-refractivity contribution in [3.8, 4) is 6.07 Å². The highest BCUT2D eigenvalue weighted by atomic mass is 32.2. The molecule has 110 valence electrons. The van der Waals surface area contributed by atoms with Crippen LogP contribution < -0.4 is 4.90 Å². The molecule has 0 fully saturated rings. The molecule has 2 aromatic carbocycles. The van der Waals surface area contributed by atoms with Crippen LogP contribution >= 0.6 is 11.8 Å². The molecule has 0 saturated heterocycles. The van der Waals surface area contributed by atoms with E-state index in [0.29, 0.717) is 5.56 Å². The van der Waals surface area contributed by atoms with Gasteiger partial charge in [-0.3, -0.25) is 4.79 Å². The number of anilines is 2. The zero-order valence-corrected chi connectivity index (χ0v) is 13.1. The summed E-state index contributed by atoms with van der Waals surface area (Å²) in [4.78, 5) is 15.4. The predicted molar refractivity (Wildman–Crippen MR) is 85.2 cm³/mol. The number of rotatable bonds is 2. The predicted octanol–water partition coefficient (Wildman–Crippen LogP) is 4.05. The second kappa shape index (κ2) is 5.74. The summed E-state index contributed by atoms with van der Waals surface area (Å²) in [5.74, 6) is -0.459. The fourth-order valence-electron chi connectivity index (χ4n) is 2.46. The van der Waals surface area contributed by atoms with Gasteiger partial charge in [0.05, 0.1) is 11.4 Å². The molecule has 5 heteroatoms. The van der Waals surface area contributed by atoms with Crippen molar-refractivity contribution in [1.82, 2.24) is 0 Å². The Balaban J connectivity index is 1.99. The Kier molecular flexibility index (Phi) is 3.78. The first-order valence-corrected chi connectivity index (χ1v) is 7.63. The van der Waals surface area contributed by atoms with Crippen molar-refractivity contribution in [2.24, 2.45) is 0 Å². The number of benzene rings is 2. The van der Waals surface area contributed by atoms with Crippen molar-refractivity contribution >= 4 is 29.1 Å². The van der Waals surface area contributed by atoms with E-state index in [-0.39, 0.29) is 0 Å². The van der Waals surface area contributed by atoms with Crippen LogP contribution in [0.15, 0.2) is 52.3 Å². The van der Waals surface area contributed by atoms with E-state index in [1.54, 1.807) is 11.8 Å². The van der Waals surface area contributed by atoms with E-state index >= 15 is 0 Å². The number of para-hydroxylation sites is 1. The van der Waals surface area contributed by atoms with Gasteiger partial charge in [-0.05, 0) is 24.3 Å². The lowest BCUT2D eigenvalue weighted by molar-refractivity contribution is -0.144. The summed E-state index contributed by atoms with van der Waals surface area (Å²) in [6, 6.07) is 15.9. The number of carbonyl (C=O) groups is 1. The van der Waals surface area contributed by atoms with Crippen molar-refractivity contribution < 1.29 is 9.53 Å². The molecule has 0 N–H and O–H groups in total. The van der Waals surface area contributed by atoms with Gasteiger partial charge in [-0.2, -0.15) is 5.26 Å². The number of hydrogen-bond donors (Lipinski definition) is 0. The Morgan fingerprint density at radius 3 is 2.68 bits per heavy atom. The standard InChI is InChI=1S/C17H14N2O2S/c1-11(20)21-15(10-18)12-7-8-14-17(9-12)22-16-6-4-3-5-13(16)19(14)2/h3-9,15H,1-2H3/t15-/m1/s1. The average molecular weight is 310 g/mol. The molecule has 0 unspecified atom stereocenters. The summed E-state index contributed by atoms with van der Waals surface area (Å²) < 4.78 is 5.05. The zero-order chi connectivity index (χ0) is 15.7. The van der Waals surface area contributed by atoms with E-state index in [0.717, 1.165) is 21.2 Å². The molecule has 0 aliphatic carbocycles. The minimum Gasteiger partial charge on any atom is -0.442 e. The zero-order valence-electron chi connectivity index (χ0n) is 12.2. The maximum atomic E-state index is 11.1. The van der Waals surface area contributed by atoms with Crippen molar-refractivity contribution in [3.05, 3.63) is 48.0 Å². The first kappa shape index (κ1) is 14.5. The van der Waals surface area contributed by atoms with Gasteiger partial charge in [0.25, 0.3) is 0 Å². The highest BCUT2D eigenvalue weighted by molar-refractivity contribution is 7.99. The molecular weight excluding hydrogens is 296 g/mol. The molecule has 4 nitrogen and oxygen atoms in total. The third-order valence-electron chi connectivity index (χ3n) is 3.50. The van der Waals surface area contributed by atoms with Crippen LogP contribution in [0.3, 0.4) is 0 Å². The van der Waals surface area contributed by atoms with Gasteiger partial charge in [0.2, 0.25) is 6.10 Å². The van der Waals surface area contributed by atoms with Gasteiger partial charge in [0, 0.05) is 29.3 Å². The van der Waals surface area contributed by atoms with Crippen molar-refractivity contribution in [2.45, 2.75) is 22.8 Å². The van der Waals surface area contributed by atoms with Crippen LogP contribution in [0.25, 0.3) is 0 Å². The van der Waals surface area contributed by atoms with Crippen LogP contribution in [0, 0.1) is 11.3 Å². The number of carbonyl (C=O) groups excluding carboxylic acids is 1. The summed E-state index contributed by atoms with van der Waals surface area (Å²) in [7, 11) is 2.02. The molecule has 0 bridgehead atoms.